The van der Waals surface area contributed by atoms with Gasteiger partial charge in [-0.25, -0.2) is 0 Å². The Morgan fingerprint density at radius 3 is 3.00 bits per heavy atom. The van der Waals surface area contributed by atoms with Crippen LogP contribution in [0.5, 0.6) is 0 Å². The lowest BCUT2D eigenvalue weighted by molar-refractivity contribution is 0.679. The topological polar surface area (TPSA) is 13.1 Å². The number of furan rings is 1. The van der Waals surface area contributed by atoms with E-state index in [4.69, 9.17) is 4.42 Å². The van der Waals surface area contributed by atoms with Gasteiger partial charge < -0.3 is 4.42 Å². The molecule has 3 heteroatoms. The molecule has 0 saturated heterocycles. The molecule has 0 unspecified atom stereocenters. The van der Waals surface area contributed by atoms with Crippen LogP contribution in [0.15, 0.2) is 27.3 Å². The largest absolute Gasteiger partial charge is 0.444 e. The summed E-state index contributed by atoms with van der Waals surface area (Å²) in [7, 11) is 0. The van der Waals surface area contributed by atoms with Crippen molar-refractivity contribution in [3.63, 3.8) is 0 Å². The fraction of sp³-hybridized carbons (Fsp3) is 0. The molecule has 0 aliphatic carbocycles. The van der Waals surface area contributed by atoms with Gasteiger partial charge in [0, 0.05) is 5.39 Å². The van der Waals surface area contributed by atoms with Crippen LogP contribution in [-0.2, 0) is 0 Å². The van der Waals surface area contributed by atoms with Gasteiger partial charge in [0.15, 0.2) is 4.90 Å². The zero-order valence-electron chi connectivity index (χ0n) is 5.53. The van der Waals surface area contributed by atoms with Crippen LogP contribution in [0.1, 0.15) is 0 Å². The molecule has 3 heterocycles. The number of rotatable bonds is 0. The van der Waals surface area contributed by atoms with Gasteiger partial charge in [-0.1, -0.05) is 0 Å². The summed E-state index contributed by atoms with van der Waals surface area (Å²) >= 11 is 3.40. The molecule has 1 nitrogen and oxygen atoms in total. The van der Waals surface area contributed by atoms with E-state index in [-0.39, 0.29) is 0 Å². The van der Waals surface area contributed by atoms with Crippen molar-refractivity contribution in [1.29, 1.82) is 0 Å². The first-order valence-electron chi connectivity index (χ1n) is 3.28. The lowest BCUT2D eigenvalue weighted by Gasteiger charge is -1.69. The molecule has 0 saturated carbocycles. The number of fused-ring (bicyclic) bond motifs is 3. The first kappa shape index (κ1) is 5.80. The molecule has 54 valence electrons. The predicted octanol–water partition coefficient (Wildman–Crippen LogP) is 3.71. The summed E-state index contributed by atoms with van der Waals surface area (Å²) in [6, 6.07) is 4.13. The van der Waals surface area contributed by atoms with E-state index in [1.807, 2.05) is 6.07 Å². The zero-order chi connectivity index (χ0) is 7.26. The minimum absolute atomic E-state index is 1.02. The summed E-state index contributed by atoms with van der Waals surface area (Å²) in [4.78, 5) is 1.05. The van der Waals surface area contributed by atoms with Crippen molar-refractivity contribution in [1.82, 2.24) is 0 Å². The van der Waals surface area contributed by atoms with Crippen molar-refractivity contribution >= 4 is 43.2 Å². The Balaban J connectivity index is 2.75. The van der Waals surface area contributed by atoms with Gasteiger partial charge in [0.25, 0.3) is 0 Å². The molecule has 3 rings (SSSR count). The second-order valence-electron chi connectivity index (χ2n) is 2.34. The van der Waals surface area contributed by atoms with Crippen molar-refractivity contribution in [2.45, 2.75) is 0 Å². The van der Waals surface area contributed by atoms with E-state index in [9.17, 15) is 0 Å². The standard InChI is InChI=1S/C8H4OS2/c1-3-11-8-5(1)7-6(9-8)2-4-10-7/h1-4H. The summed E-state index contributed by atoms with van der Waals surface area (Å²) in [6.45, 7) is 0. The Morgan fingerprint density at radius 2 is 2.00 bits per heavy atom. The Morgan fingerprint density at radius 1 is 1.09 bits per heavy atom. The van der Waals surface area contributed by atoms with E-state index in [0.29, 0.717) is 0 Å². The molecule has 0 atom stereocenters. The summed E-state index contributed by atoms with van der Waals surface area (Å²) in [5.41, 5.74) is 1.02. The average molecular weight is 180 g/mol. The maximum Gasteiger partial charge on any atom is 0.189 e. The highest BCUT2D eigenvalue weighted by Gasteiger charge is 2.07. The minimum atomic E-state index is 1.02. The van der Waals surface area contributed by atoms with Crippen LogP contribution >= 0.6 is 22.7 Å². The van der Waals surface area contributed by atoms with Crippen molar-refractivity contribution < 1.29 is 4.42 Å². The molecule has 11 heavy (non-hydrogen) atoms. The lowest BCUT2D eigenvalue weighted by Crippen LogP contribution is -1.43. The SMILES string of the molecule is c1cc2c(oc3ccsc32)s1. The summed E-state index contributed by atoms with van der Waals surface area (Å²) in [6.07, 6.45) is 0. The van der Waals surface area contributed by atoms with Gasteiger partial charge in [0.2, 0.25) is 0 Å². The highest BCUT2D eigenvalue weighted by Crippen LogP contribution is 2.35. The maximum absolute atomic E-state index is 5.56. The highest BCUT2D eigenvalue weighted by atomic mass is 32.1. The molecule has 0 aromatic carbocycles. The second-order valence-corrected chi connectivity index (χ2v) is 4.13. The summed E-state index contributed by atoms with van der Waals surface area (Å²) < 4.78 is 6.84. The summed E-state index contributed by atoms with van der Waals surface area (Å²) in [5, 5.41) is 5.39. The highest BCUT2D eigenvalue weighted by molar-refractivity contribution is 7.20. The monoisotopic (exact) mass is 180 g/mol. The molecule has 0 aliphatic rings. The Hall–Kier alpha value is -0.800. The fourth-order valence-electron chi connectivity index (χ4n) is 1.22. The van der Waals surface area contributed by atoms with Crippen LogP contribution in [0, 0.1) is 0 Å². The van der Waals surface area contributed by atoms with E-state index in [0.717, 1.165) is 10.5 Å². The van der Waals surface area contributed by atoms with Crippen LogP contribution in [0.3, 0.4) is 0 Å². The molecule has 0 bridgehead atoms. The van der Waals surface area contributed by atoms with Gasteiger partial charge in [-0.3, -0.25) is 0 Å². The van der Waals surface area contributed by atoms with E-state index in [2.05, 4.69) is 16.8 Å². The Labute approximate surface area is 70.9 Å². The van der Waals surface area contributed by atoms with E-state index >= 15 is 0 Å². The van der Waals surface area contributed by atoms with Crippen molar-refractivity contribution in [3.8, 4) is 0 Å². The predicted molar refractivity (Wildman–Crippen MR) is 49.5 cm³/mol. The van der Waals surface area contributed by atoms with Crippen LogP contribution < -0.4 is 0 Å². The zero-order valence-corrected chi connectivity index (χ0v) is 7.17. The molecule has 0 radical (unpaired) electrons. The van der Waals surface area contributed by atoms with Crippen molar-refractivity contribution in [2.75, 3.05) is 0 Å². The van der Waals surface area contributed by atoms with Crippen LogP contribution in [0.2, 0.25) is 0 Å². The van der Waals surface area contributed by atoms with Crippen LogP contribution in [0.4, 0.5) is 0 Å². The van der Waals surface area contributed by atoms with Gasteiger partial charge in [-0.05, 0) is 22.9 Å². The molecule has 0 spiro atoms. The van der Waals surface area contributed by atoms with Gasteiger partial charge in [-0.2, -0.15) is 0 Å². The third kappa shape index (κ3) is 0.645. The molecule has 0 aliphatic heterocycles. The first-order chi connectivity index (χ1) is 5.45. The fourth-order valence-corrected chi connectivity index (χ4v) is 2.89. The lowest BCUT2D eigenvalue weighted by atomic mass is 10.4. The van der Waals surface area contributed by atoms with Gasteiger partial charge in [-0.15, -0.1) is 22.7 Å². The molecule has 0 N–H and O–H groups in total. The molecular formula is C8H4OS2. The van der Waals surface area contributed by atoms with Gasteiger partial charge in [0.05, 0.1) is 4.70 Å². The third-order valence-corrected chi connectivity index (χ3v) is 3.42. The first-order valence-corrected chi connectivity index (χ1v) is 5.04. The third-order valence-electron chi connectivity index (χ3n) is 1.71. The number of hydrogen-bond acceptors (Lipinski definition) is 3. The number of hydrogen-bond donors (Lipinski definition) is 0. The van der Waals surface area contributed by atoms with Crippen molar-refractivity contribution in [3.05, 3.63) is 22.9 Å². The number of thiophene rings is 2. The molecular weight excluding hydrogens is 176 g/mol. The minimum Gasteiger partial charge on any atom is -0.444 e. The normalized spacial score (nSPS) is 11.6. The molecule has 3 aromatic heterocycles. The Bertz CT molecular complexity index is 455. The average Bonchev–Trinajstić information content (AvgIpc) is 2.52. The van der Waals surface area contributed by atoms with E-state index in [1.165, 1.54) is 10.1 Å². The molecule has 0 amide bonds. The Kier molecular flexibility index (Phi) is 0.985. The van der Waals surface area contributed by atoms with E-state index in [1.54, 1.807) is 22.7 Å². The molecule has 0 fully saturated rings. The summed E-state index contributed by atoms with van der Waals surface area (Å²) in [5.74, 6) is 0. The van der Waals surface area contributed by atoms with Crippen LogP contribution in [0.25, 0.3) is 20.6 Å². The van der Waals surface area contributed by atoms with Crippen molar-refractivity contribution in [2.24, 2.45) is 0 Å². The van der Waals surface area contributed by atoms with E-state index < -0.39 is 0 Å². The molecule has 3 aromatic rings. The van der Waals surface area contributed by atoms with Crippen LogP contribution in [-0.4, -0.2) is 0 Å². The van der Waals surface area contributed by atoms with Gasteiger partial charge >= 0.3 is 0 Å². The quantitative estimate of drug-likeness (QED) is 0.514. The second kappa shape index (κ2) is 1.87. The van der Waals surface area contributed by atoms with Gasteiger partial charge in [0.1, 0.15) is 5.58 Å². The maximum atomic E-state index is 5.56. The smallest absolute Gasteiger partial charge is 0.189 e.